The van der Waals surface area contributed by atoms with Crippen molar-refractivity contribution < 1.29 is 4.42 Å². The van der Waals surface area contributed by atoms with Crippen molar-refractivity contribution in [3.63, 3.8) is 0 Å². The molecule has 1 heterocycles. The van der Waals surface area contributed by atoms with Crippen molar-refractivity contribution in [1.82, 2.24) is 10.2 Å². The van der Waals surface area contributed by atoms with Crippen molar-refractivity contribution in [1.29, 1.82) is 0 Å². The van der Waals surface area contributed by atoms with Gasteiger partial charge >= 0.3 is 0 Å². The van der Waals surface area contributed by atoms with E-state index in [2.05, 4.69) is 138 Å². The van der Waals surface area contributed by atoms with Gasteiger partial charge in [-0.1, -0.05) is 133 Å². The maximum Gasteiger partial charge on any atom is 0.248 e. The Bertz CT molecular complexity index is 2140. The van der Waals surface area contributed by atoms with E-state index in [1.165, 1.54) is 49.4 Å². The molecule has 0 atom stereocenters. The number of hydrogen-bond donors (Lipinski definition) is 0. The first-order chi connectivity index (χ1) is 21.3. The van der Waals surface area contributed by atoms with Crippen LogP contribution < -0.4 is 0 Å². The van der Waals surface area contributed by atoms with Crippen molar-refractivity contribution >= 4 is 21.5 Å². The van der Waals surface area contributed by atoms with Gasteiger partial charge in [-0.15, -0.1) is 10.2 Å². The largest absolute Gasteiger partial charge is 0.416 e. The minimum absolute atomic E-state index is 0.509. The molecule has 0 aliphatic heterocycles. The zero-order valence-corrected chi connectivity index (χ0v) is 23.3. The van der Waals surface area contributed by atoms with Gasteiger partial charge in [0, 0.05) is 11.1 Å². The van der Waals surface area contributed by atoms with Crippen LogP contribution >= 0.6 is 0 Å². The number of nitrogens with zero attached hydrogens (tertiary/aromatic N) is 2. The van der Waals surface area contributed by atoms with Crippen molar-refractivity contribution in [3.05, 3.63) is 158 Å². The summed E-state index contributed by atoms with van der Waals surface area (Å²) in [5.41, 5.74) is 9.06. The third kappa shape index (κ3) is 4.48. The Kier molecular flexibility index (Phi) is 6.12. The van der Waals surface area contributed by atoms with Crippen LogP contribution in [0.15, 0.2) is 162 Å². The van der Waals surface area contributed by atoms with Crippen LogP contribution in [0, 0.1) is 0 Å². The molecule has 0 N–H and O–H groups in total. The van der Waals surface area contributed by atoms with Gasteiger partial charge in [0.25, 0.3) is 0 Å². The molecule has 8 rings (SSSR count). The van der Waals surface area contributed by atoms with Gasteiger partial charge in [0.1, 0.15) is 0 Å². The van der Waals surface area contributed by atoms with Gasteiger partial charge in [0.2, 0.25) is 11.8 Å². The van der Waals surface area contributed by atoms with Gasteiger partial charge in [-0.2, -0.15) is 0 Å². The van der Waals surface area contributed by atoms with Crippen molar-refractivity contribution in [2.45, 2.75) is 0 Å². The predicted octanol–water partition coefficient (Wildman–Crippen LogP) is 10.7. The van der Waals surface area contributed by atoms with Crippen molar-refractivity contribution in [2.24, 2.45) is 0 Å². The van der Waals surface area contributed by atoms with E-state index in [1.807, 2.05) is 30.3 Å². The first-order valence-electron chi connectivity index (χ1n) is 14.4. The minimum atomic E-state index is 0.509. The normalized spacial score (nSPS) is 11.3. The summed E-state index contributed by atoms with van der Waals surface area (Å²) in [5.74, 6) is 1.03. The Morgan fingerprint density at radius 3 is 1.02 bits per heavy atom. The number of benzene rings is 7. The van der Waals surface area contributed by atoms with Gasteiger partial charge in [0.15, 0.2) is 0 Å². The summed E-state index contributed by atoms with van der Waals surface area (Å²) in [6.45, 7) is 0. The molecule has 3 heteroatoms. The van der Waals surface area contributed by atoms with Gasteiger partial charge in [0.05, 0.1) is 0 Å². The number of aromatic nitrogens is 2. The molecule has 0 amide bonds. The molecular formula is C40H26N2O. The molecular weight excluding hydrogens is 524 g/mol. The van der Waals surface area contributed by atoms with Crippen LogP contribution in [0.25, 0.3) is 77.8 Å². The Morgan fingerprint density at radius 1 is 0.279 bits per heavy atom. The molecule has 43 heavy (non-hydrogen) atoms. The first kappa shape index (κ1) is 25.0. The standard InChI is InChI=1S/C40H26N2O/c1-3-11-27(12-4-1)28-19-21-29(22-20-28)37-33-15-7-9-17-35(33)38(36-18-10-8-16-34(36)37)30-23-25-32(26-24-30)40-42-41-39(43-40)31-13-5-2-6-14-31/h1-26H. The van der Waals surface area contributed by atoms with Crippen LogP contribution in [0.4, 0.5) is 0 Å². The van der Waals surface area contributed by atoms with Gasteiger partial charge in [-0.05, 0) is 79.2 Å². The van der Waals surface area contributed by atoms with Crippen LogP contribution in [-0.4, -0.2) is 10.2 Å². The average molecular weight is 551 g/mol. The maximum absolute atomic E-state index is 6.02. The van der Waals surface area contributed by atoms with Crippen molar-refractivity contribution in [2.75, 3.05) is 0 Å². The molecule has 1 aromatic heterocycles. The third-order valence-corrected chi connectivity index (χ3v) is 8.08. The highest BCUT2D eigenvalue weighted by Crippen LogP contribution is 2.44. The molecule has 0 spiro atoms. The van der Waals surface area contributed by atoms with E-state index in [1.54, 1.807) is 0 Å². The molecule has 3 nitrogen and oxygen atoms in total. The highest BCUT2D eigenvalue weighted by atomic mass is 16.4. The molecule has 0 aliphatic rings. The Morgan fingerprint density at radius 2 is 0.581 bits per heavy atom. The van der Waals surface area contributed by atoms with E-state index >= 15 is 0 Å². The molecule has 8 aromatic rings. The van der Waals surface area contributed by atoms with E-state index < -0.39 is 0 Å². The second-order valence-corrected chi connectivity index (χ2v) is 10.6. The summed E-state index contributed by atoms with van der Waals surface area (Å²) >= 11 is 0. The van der Waals surface area contributed by atoms with E-state index in [4.69, 9.17) is 4.42 Å². The molecule has 0 aliphatic carbocycles. The van der Waals surface area contributed by atoms with Crippen LogP contribution in [0.1, 0.15) is 0 Å². The number of hydrogen-bond acceptors (Lipinski definition) is 3. The van der Waals surface area contributed by atoms with E-state index in [0.717, 1.165) is 16.7 Å². The van der Waals surface area contributed by atoms with E-state index in [0.29, 0.717) is 11.8 Å². The number of fused-ring (bicyclic) bond motifs is 2. The van der Waals surface area contributed by atoms with Crippen LogP contribution in [0.3, 0.4) is 0 Å². The quantitative estimate of drug-likeness (QED) is 0.200. The molecule has 0 unspecified atom stereocenters. The zero-order valence-electron chi connectivity index (χ0n) is 23.3. The van der Waals surface area contributed by atoms with Crippen LogP contribution in [0.2, 0.25) is 0 Å². The summed E-state index contributed by atoms with van der Waals surface area (Å²) in [7, 11) is 0. The number of rotatable bonds is 5. The van der Waals surface area contributed by atoms with E-state index in [9.17, 15) is 0 Å². The molecule has 0 bridgehead atoms. The highest BCUT2D eigenvalue weighted by Gasteiger charge is 2.17. The lowest BCUT2D eigenvalue weighted by Gasteiger charge is -2.18. The molecule has 0 fully saturated rings. The molecule has 202 valence electrons. The molecule has 0 radical (unpaired) electrons. The topological polar surface area (TPSA) is 38.9 Å². The third-order valence-electron chi connectivity index (χ3n) is 8.08. The summed E-state index contributed by atoms with van der Waals surface area (Å²) < 4.78 is 6.02. The summed E-state index contributed by atoms with van der Waals surface area (Å²) in [6.07, 6.45) is 0. The fourth-order valence-electron chi connectivity index (χ4n) is 6.03. The smallest absolute Gasteiger partial charge is 0.248 e. The Hall–Kier alpha value is -5.80. The Balaban J connectivity index is 1.24. The maximum atomic E-state index is 6.02. The minimum Gasteiger partial charge on any atom is -0.416 e. The summed E-state index contributed by atoms with van der Waals surface area (Å²) in [4.78, 5) is 0. The monoisotopic (exact) mass is 550 g/mol. The Labute approximate surface area is 249 Å². The fraction of sp³-hybridized carbons (Fsp3) is 0. The van der Waals surface area contributed by atoms with Crippen LogP contribution in [0.5, 0.6) is 0 Å². The molecule has 0 saturated carbocycles. The first-order valence-corrected chi connectivity index (χ1v) is 14.4. The van der Waals surface area contributed by atoms with Gasteiger partial charge in [-0.3, -0.25) is 0 Å². The van der Waals surface area contributed by atoms with Crippen LogP contribution in [-0.2, 0) is 0 Å². The lowest BCUT2D eigenvalue weighted by Crippen LogP contribution is -1.91. The van der Waals surface area contributed by atoms with Gasteiger partial charge < -0.3 is 4.42 Å². The average Bonchev–Trinajstić information content (AvgIpc) is 3.59. The van der Waals surface area contributed by atoms with E-state index in [-0.39, 0.29) is 0 Å². The molecule has 7 aromatic carbocycles. The second kappa shape index (κ2) is 10.6. The fourth-order valence-corrected chi connectivity index (χ4v) is 6.03. The lowest BCUT2D eigenvalue weighted by molar-refractivity contribution is 0.584. The summed E-state index contributed by atoms with van der Waals surface area (Å²) in [5, 5.41) is 13.5. The second-order valence-electron chi connectivity index (χ2n) is 10.6. The molecule has 0 saturated heterocycles. The summed E-state index contributed by atoms with van der Waals surface area (Å²) in [6, 6.07) is 55.2. The zero-order chi connectivity index (χ0) is 28.6. The van der Waals surface area contributed by atoms with Gasteiger partial charge in [-0.25, -0.2) is 0 Å². The SMILES string of the molecule is c1ccc(-c2ccc(-c3c4ccccc4c(-c4ccc(-c5nnc(-c6ccccc6)o5)cc4)c4ccccc34)cc2)cc1. The lowest BCUT2D eigenvalue weighted by atomic mass is 9.85. The highest BCUT2D eigenvalue weighted by molar-refractivity contribution is 6.21. The predicted molar refractivity (Wildman–Crippen MR) is 176 cm³/mol. The van der Waals surface area contributed by atoms with Crippen molar-refractivity contribution in [3.8, 4) is 56.3 Å².